The third-order valence-corrected chi connectivity index (χ3v) is 2.99. The van der Waals surface area contributed by atoms with Crippen LogP contribution in [0.3, 0.4) is 0 Å². The van der Waals surface area contributed by atoms with Crippen molar-refractivity contribution in [3.05, 3.63) is 22.2 Å². The Balaban J connectivity index is 3.24. The van der Waals surface area contributed by atoms with Gasteiger partial charge < -0.3 is 20.3 Å². The third kappa shape index (κ3) is 3.10. The number of carboxylic acid groups (broad SMARTS) is 1. The van der Waals surface area contributed by atoms with Crippen molar-refractivity contribution in [2.45, 2.75) is 12.5 Å². The highest BCUT2D eigenvalue weighted by molar-refractivity contribution is 9.10. The third-order valence-electron chi connectivity index (χ3n) is 2.30. The number of carbonyl (C=O) groups is 1. The molecular weight excluding hydrogens is 290 g/mol. The summed E-state index contributed by atoms with van der Waals surface area (Å²) in [6.07, 6.45) is -0.178. The largest absolute Gasteiger partial charge is 0.493 e. The summed E-state index contributed by atoms with van der Waals surface area (Å²) in [7, 11) is 3.00. The van der Waals surface area contributed by atoms with Gasteiger partial charge in [0.2, 0.25) is 0 Å². The molecule has 5 nitrogen and oxygen atoms in total. The second kappa shape index (κ2) is 5.88. The molecule has 0 spiro atoms. The smallest absolute Gasteiger partial charge is 0.305 e. The van der Waals surface area contributed by atoms with E-state index in [1.165, 1.54) is 14.2 Å². The first-order chi connectivity index (χ1) is 8.01. The minimum Gasteiger partial charge on any atom is -0.493 e. The summed E-state index contributed by atoms with van der Waals surface area (Å²) in [5.74, 6) is 0.0106. The molecule has 0 aliphatic heterocycles. The molecule has 0 saturated carbocycles. The van der Waals surface area contributed by atoms with Gasteiger partial charge in [0.15, 0.2) is 11.5 Å². The van der Waals surface area contributed by atoms with Crippen LogP contribution in [0.15, 0.2) is 16.6 Å². The van der Waals surface area contributed by atoms with Gasteiger partial charge in [0.05, 0.1) is 20.6 Å². The van der Waals surface area contributed by atoms with Gasteiger partial charge in [-0.2, -0.15) is 0 Å². The number of hydrogen-bond acceptors (Lipinski definition) is 4. The monoisotopic (exact) mass is 303 g/mol. The summed E-state index contributed by atoms with van der Waals surface area (Å²) in [6, 6.07) is 2.81. The Kier molecular flexibility index (Phi) is 4.77. The number of aliphatic carboxylic acids is 1. The number of carboxylic acids is 1. The average Bonchev–Trinajstić information content (AvgIpc) is 2.27. The Morgan fingerprint density at radius 1 is 1.47 bits per heavy atom. The Morgan fingerprint density at radius 3 is 2.59 bits per heavy atom. The SMILES string of the molecule is COc1ccc(Br)c(C(N)CC(=O)O)c1OC. The number of nitrogens with two attached hydrogens (primary N) is 1. The van der Waals surface area contributed by atoms with E-state index in [-0.39, 0.29) is 6.42 Å². The lowest BCUT2D eigenvalue weighted by Crippen LogP contribution is -2.16. The summed E-state index contributed by atoms with van der Waals surface area (Å²) in [4.78, 5) is 10.7. The maximum atomic E-state index is 10.7. The van der Waals surface area contributed by atoms with Crippen LogP contribution in [0.1, 0.15) is 18.0 Å². The summed E-state index contributed by atoms with van der Waals surface area (Å²) < 4.78 is 11.1. The van der Waals surface area contributed by atoms with Crippen molar-refractivity contribution in [1.82, 2.24) is 0 Å². The molecule has 1 unspecified atom stereocenters. The first kappa shape index (κ1) is 13.8. The molecule has 1 rings (SSSR count). The Morgan fingerprint density at radius 2 is 2.12 bits per heavy atom. The first-order valence-electron chi connectivity index (χ1n) is 4.89. The highest BCUT2D eigenvalue weighted by Gasteiger charge is 2.21. The average molecular weight is 304 g/mol. The van der Waals surface area contributed by atoms with E-state index in [0.717, 1.165) is 0 Å². The topological polar surface area (TPSA) is 81.8 Å². The van der Waals surface area contributed by atoms with Crippen molar-refractivity contribution in [3.8, 4) is 11.5 Å². The zero-order valence-corrected chi connectivity index (χ0v) is 11.2. The van der Waals surface area contributed by atoms with Crippen LogP contribution >= 0.6 is 15.9 Å². The van der Waals surface area contributed by atoms with Crippen molar-refractivity contribution in [2.75, 3.05) is 14.2 Å². The van der Waals surface area contributed by atoms with Crippen LogP contribution in [-0.4, -0.2) is 25.3 Å². The van der Waals surface area contributed by atoms with Gasteiger partial charge in [-0.25, -0.2) is 0 Å². The zero-order valence-electron chi connectivity index (χ0n) is 9.57. The van der Waals surface area contributed by atoms with Crippen molar-refractivity contribution in [2.24, 2.45) is 5.73 Å². The van der Waals surface area contributed by atoms with E-state index in [2.05, 4.69) is 15.9 Å². The zero-order chi connectivity index (χ0) is 13.0. The van der Waals surface area contributed by atoms with Gasteiger partial charge in [0.1, 0.15) is 0 Å². The molecule has 0 aliphatic rings. The van der Waals surface area contributed by atoms with Crippen LogP contribution < -0.4 is 15.2 Å². The molecule has 1 atom stereocenters. The summed E-state index contributed by atoms with van der Waals surface area (Å²) in [5.41, 5.74) is 6.44. The fourth-order valence-corrected chi connectivity index (χ4v) is 2.17. The highest BCUT2D eigenvalue weighted by atomic mass is 79.9. The molecule has 6 heteroatoms. The number of ether oxygens (including phenoxy) is 2. The Hall–Kier alpha value is -1.27. The maximum Gasteiger partial charge on any atom is 0.305 e. The summed E-state index contributed by atoms with van der Waals surface area (Å²) in [6.45, 7) is 0. The van der Waals surface area contributed by atoms with Gasteiger partial charge in [0.25, 0.3) is 0 Å². The number of methoxy groups -OCH3 is 2. The fourth-order valence-electron chi connectivity index (χ4n) is 1.56. The summed E-state index contributed by atoms with van der Waals surface area (Å²) >= 11 is 3.33. The second-order valence-electron chi connectivity index (χ2n) is 3.40. The number of benzene rings is 1. The molecule has 0 aromatic heterocycles. The van der Waals surface area contributed by atoms with Gasteiger partial charge in [-0.05, 0) is 12.1 Å². The molecule has 0 heterocycles. The van der Waals surface area contributed by atoms with Crippen molar-refractivity contribution in [1.29, 1.82) is 0 Å². The van der Waals surface area contributed by atoms with E-state index in [1.807, 2.05) is 0 Å². The van der Waals surface area contributed by atoms with Gasteiger partial charge in [0, 0.05) is 16.1 Å². The van der Waals surface area contributed by atoms with Crippen LogP contribution in [0.2, 0.25) is 0 Å². The molecule has 0 fully saturated rings. The van der Waals surface area contributed by atoms with Crippen LogP contribution in [0.5, 0.6) is 11.5 Å². The van der Waals surface area contributed by atoms with E-state index in [9.17, 15) is 4.79 Å². The second-order valence-corrected chi connectivity index (χ2v) is 4.26. The van der Waals surface area contributed by atoms with E-state index < -0.39 is 12.0 Å². The Bertz CT molecular complexity index is 422. The van der Waals surface area contributed by atoms with Crippen molar-refractivity contribution < 1.29 is 19.4 Å². The predicted molar refractivity (Wildman–Crippen MR) is 66.4 cm³/mol. The molecule has 0 amide bonds. The van der Waals surface area contributed by atoms with E-state index in [4.69, 9.17) is 20.3 Å². The predicted octanol–water partition coefficient (Wildman–Crippen LogP) is 1.94. The molecule has 94 valence electrons. The lowest BCUT2D eigenvalue weighted by atomic mass is 10.0. The molecule has 1 aromatic carbocycles. The number of halogens is 1. The molecule has 0 aliphatic carbocycles. The van der Waals surface area contributed by atoms with Crippen LogP contribution in [0, 0.1) is 0 Å². The van der Waals surface area contributed by atoms with Crippen molar-refractivity contribution >= 4 is 21.9 Å². The normalized spacial score (nSPS) is 12.0. The van der Waals surface area contributed by atoms with E-state index in [0.29, 0.717) is 21.5 Å². The first-order valence-corrected chi connectivity index (χ1v) is 5.68. The standard InChI is InChI=1S/C11H14BrNO4/c1-16-8-4-3-6(12)10(11(8)17-2)7(13)5-9(14)15/h3-4,7H,5,13H2,1-2H3,(H,14,15). The van der Waals surface area contributed by atoms with E-state index >= 15 is 0 Å². The van der Waals surface area contributed by atoms with Crippen LogP contribution in [0.25, 0.3) is 0 Å². The van der Waals surface area contributed by atoms with Gasteiger partial charge in [-0.1, -0.05) is 15.9 Å². The van der Waals surface area contributed by atoms with Gasteiger partial charge >= 0.3 is 5.97 Å². The molecular formula is C11H14BrNO4. The van der Waals surface area contributed by atoms with Crippen LogP contribution in [0.4, 0.5) is 0 Å². The molecule has 0 radical (unpaired) electrons. The number of hydrogen-bond donors (Lipinski definition) is 2. The highest BCUT2D eigenvalue weighted by Crippen LogP contribution is 2.39. The summed E-state index contributed by atoms with van der Waals surface area (Å²) in [5, 5.41) is 8.76. The maximum absolute atomic E-state index is 10.7. The lowest BCUT2D eigenvalue weighted by Gasteiger charge is -2.18. The minimum atomic E-state index is -0.964. The Labute approximate surface area is 108 Å². The van der Waals surface area contributed by atoms with E-state index in [1.54, 1.807) is 12.1 Å². The van der Waals surface area contributed by atoms with Crippen LogP contribution in [-0.2, 0) is 4.79 Å². The van der Waals surface area contributed by atoms with Crippen molar-refractivity contribution in [3.63, 3.8) is 0 Å². The quantitative estimate of drug-likeness (QED) is 0.869. The molecule has 0 bridgehead atoms. The molecule has 17 heavy (non-hydrogen) atoms. The molecule has 0 saturated heterocycles. The fraction of sp³-hybridized carbons (Fsp3) is 0.364. The minimum absolute atomic E-state index is 0.178. The lowest BCUT2D eigenvalue weighted by molar-refractivity contribution is -0.137. The van der Waals surface area contributed by atoms with Gasteiger partial charge in [-0.3, -0.25) is 4.79 Å². The molecule has 3 N–H and O–H groups in total. The molecule has 1 aromatic rings. The van der Waals surface area contributed by atoms with Gasteiger partial charge in [-0.15, -0.1) is 0 Å². The number of rotatable bonds is 5.